The van der Waals surface area contributed by atoms with Gasteiger partial charge in [-0.05, 0) is 36.1 Å². The van der Waals surface area contributed by atoms with Crippen molar-refractivity contribution in [2.75, 3.05) is 0 Å². The van der Waals surface area contributed by atoms with Crippen LogP contribution in [-0.4, -0.2) is 17.6 Å². The number of rotatable bonds is 3. The molecule has 2 unspecified atom stereocenters. The second-order valence-electron chi connectivity index (χ2n) is 7.21. The van der Waals surface area contributed by atoms with Crippen molar-refractivity contribution in [3.05, 3.63) is 82.9 Å². The molecule has 26 heavy (non-hydrogen) atoms. The van der Waals surface area contributed by atoms with Crippen LogP contribution in [0.5, 0.6) is 0 Å². The number of benzene rings is 2. The molecule has 0 heterocycles. The monoisotopic (exact) mass is 457 g/mol. The van der Waals surface area contributed by atoms with Crippen LogP contribution in [0, 0.1) is 5.92 Å². The minimum atomic E-state index is -0.765. The molecule has 2 atom stereocenters. The third-order valence-electron chi connectivity index (χ3n) is 5.27. The SMILES string of the molecule is CC(C)(O)C(C1C=Cc2ccccc21)C1C=Cc2ccccc21.[Cl-].[SiH2]=[Zr]. The van der Waals surface area contributed by atoms with E-state index in [0.717, 1.165) is 0 Å². The molecule has 0 amide bonds. The normalized spacial score (nSPS) is 20.4. The summed E-state index contributed by atoms with van der Waals surface area (Å²) in [5.41, 5.74) is 4.46. The summed E-state index contributed by atoms with van der Waals surface area (Å²) in [5.74, 6) is 0.598. The molecule has 0 saturated heterocycles. The Morgan fingerprint density at radius 1 is 0.846 bits per heavy atom. The van der Waals surface area contributed by atoms with Crippen molar-refractivity contribution in [2.45, 2.75) is 31.3 Å². The zero-order valence-electron chi connectivity index (χ0n) is 15.2. The van der Waals surface area contributed by atoms with E-state index in [9.17, 15) is 5.11 Å². The Kier molecular flexibility index (Phi) is 7.44. The number of allylic oxidation sites excluding steroid dienone is 2. The van der Waals surface area contributed by atoms with E-state index in [2.05, 4.69) is 72.8 Å². The van der Waals surface area contributed by atoms with E-state index in [4.69, 9.17) is 0 Å². The molecule has 1 nitrogen and oxygen atoms in total. The molecule has 2 aromatic rings. The fourth-order valence-electron chi connectivity index (χ4n) is 4.28. The van der Waals surface area contributed by atoms with Gasteiger partial charge in [-0.25, -0.2) is 0 Å². The molecule has 0 aliphatic heterocycles. The average molecular weight is 459 g/mol. The molecule has 4 rings (SSSR count). The van der Waals surface area contributed by atoms with Crippen LogP contribution in [-0.2, 0) is 23.3 Å². The fourth-order valence-corrected chi connectivity index (χ4v) is 4.28. The van der Waals surface area contributed by atoms with Crippen LogP contribution in [0.4, 0.5) is 0 Å². The van der Waals surface area contributed by atoms with Gasteiger partial charge >= 0.3 is 30.2 Å². The first-order chi connectivity index (χ1) is 12.1. The fraction of sp³-hybridized carbons (Fsp3) is 0.273. The van der Waals surface area contributed by atoms with Gasteiger partial charge < -0.3 is 17.5 Å². The van der Waals surface area contributed by atoms with Gasteiger partial charge in [0.15, 0.2) is 0 Å². The van der Waals surface area contributed by atoms with Gasteiger partial charge in [-0.3, -0.25) is 0 Å². The van der Waals surface area contributed by atoms with Crippen molar-refractivity contribution < 1.29 is 40.8 Å². The average Bonchev–Trinajstić information content (AvgIpc) is 3.22. The molecule has 4 heteroatoms. The molecule has 134 valence electrons. The first-order valence-electron chi connectivity index (χ1n) is 8.68. The molecule has 0 spiro atoms. The van der Waals surface area contributed by atoms with E-state index in [1.54, 1.807) is 23.3 Å². The Labute approximate surface area is 179 Å². The second kappa shape index (κ2) is 8.97. The number of aliphatic hydroxyl groups is 1. The summed E-state index contributed by atoms with van der Waals surface area (Å²) in [4.78, 5) is 0. The van der Waals surface area contributed by atoms with Gasteiger partial charge in [0.25, 0.3) is 0 Å². The molecule has 2 aromatic carbocycles. The molecule has 2 aliphatic rings. The zero-order chi connectivity index (χ0) is 18.0. The third-order valence-corrected chi connectivity index (χ3v) is 5.27. The van der Waals surface area contributed by atoms with Crippen LogP contribution in [0.2, 0.25) is 0 Å². The topological polar surface area (TPSA) is 20.2 Å². The van der Waals surface area contributed by atoms with Gasteiger partial charge in [0, 0.05) is 17.8 Å². The van der Waals surface area contributed by atoms with E-state index >= 15 is 0 Å². The van der Waals surface area contributed by atoms with Gasteiger partial charge in [0.05, 0.1) is 5.60 Å². The Hall–Kier alpha value is -0.730. The summed E-state index contributed by atoms with van der Waals surface area (Å²) < 4.78 is 0. The summed E-state index contributed by atoms with van der Waals surface area (Å²) in [7, 11) is 0. The molecular weight excluding hydrogens is 435 g/mol. The quantitative estimate of drug-likeness (QED) is 0.682. The van der Waals surface area contributed by atoms with Gasteiger partial charge in [0.1, 0.15) is 0 Å². The molecule has 0 radical (unpaired) electrons. The Morgan fingerprint density at radius 2 is 1.23 bits per heavy atom. The standard InChI is InChI=1S/C22H22O.ClH.H2Si.Zr/c1-22(2,23)21(19-13-11-15-7-3-5-9-17(15)19)20-14-12-16-8-4-6-10-18(16)20;;;/h3-14,19-21,23H,1-2H3;1H;1H2;/p-1. The van der Waals surface area contributed by atoms with Crippen LogP contribution in [0.15, 0.2) is 60.7 Å². The van der Waals surface area contributed by atoms with Crippen LogP contribution in [0.25, 0.3) is 12.2 Å². The molecular formula is C22H24ClOSiZr-. The zero-order valence-corrected chi connectivity index (χ0v) is 19.8. The number of hydrogen-bond donors (Lipinski definition) is 1. The van der Waals surface area contributed by atoms with Crippen LogP contribution >= 0.6 is 0 Å². The summed E-state index contributed by atoms with van der Waals surface area (Å²) in [6, 6.07) is 17.1. The summed E-state index contributed by atoms with van der Waals surface area (Å²) in [6.07, 6.45) is 8.93. The van der Waals surface area contributed by atoms with E-state index in [0.29, 0.717) is 0 Å². The van der Waals surface area contributed by atoms with Crippen molar-refractivity contribution in [1.29, 1.82) is 0 Å². The van der Waals surface area contributed by atoms with Crippen LogP contribution < -0.4 is 12.4 Å². The van der Waals surface area contributed by atoms with Crippen molar-refractivity contribution in [2.24, 2.45) is 5.92 Å². The van der Waals surface area contributed by atoms with Gasteiger partial charge in [0.2, 0.25) is 0 Å². The Balaban J connectivity index is 0.000000784. The van der Waals surface area contributed by atoms with E-state index in [-0.39, 0.29) is 30.2 Å². The van der Waals surface area contributed by atoms with Crippen LogP contribution in [0.1, 0.15) is 47.9 Å². The summed E-state index contributed by atoms with van der Waals surface area (Å²) >= 11 is 1.58. The predicted octanol–water partition coefficient (Wildman–Crippen LogP) is 1.08. The molecule has 2 aliphatic carbocycles. The molecule has 0 saturated carbocycles. The third kappa shape index (κ3) is 4.07. The van der Waals surface area contributed by atoms with E-state index in [1.165, 1.54) is 22.3 Å². The minimum absolute atomic E-state index is 0. The molecule has 1 N–H and O–H groups in total. The van der Waals surface area contributed by atoms with Gasteiger partial charge in [-0.15, -0.1) is 0 Å². The maximum absolute atomic E-state index is 11.0. The summed E-state index contributed by atoms with van der Waals surface area (Å²) in [5, 5.41) is 11.0. The first kappa shape index (κ1) is 21.6. The van der Waals surface area contributed by atoms with Gasteiger partial charge in [-0.1, -0.05) is 72.8 Å². The summed E-state index contributed by atoms with van der Waals surface area (Å²) in [6.45, 7) is 5.84. The first-order valence-corrected chi connectivity index (χ1v) is 14.6. The molecule has 0 bridgehead atoms. The Morgan fingerprint density at radius 3 is 1.62 bits per heavy atom. The molecule has 0 fully saturated rings. The van der Waals surface area contributed by atoms with Crippen molar-refractivity contribution >= 4 is 19.0 Å². The number of halogens is 1. The number of hydrogen-bond acceptors (Lipinski definition) is 1. The van der Waals surface area contributed by atoms with Crippen LogP contribution in [0.3, 0.4) is 0 Å². The Bertz CT molecular complexity index is 763. The second-order valence-corrected chi connectivity index (χ2v) is 7.21. The number of fused-ring (bicyclic) bond motifs is 2. The van der Waals surface area contributed by atoms with Gasteiger partial charge in [-0.2, -0.15) is 0 Å². The van der Waals surface area contributed by atoms with Crippen molar-refractivity contribution in [1.82, 2.24) is 0 Å². The van der Waals surface area contributed by atoms with E-state index in [1.807, 2.05) is 20.7 Å². The predicted molar refractivity (Wildman–Crippen MR) is 105 cm³/mol. The van der Waals surface area contributed by atoms with Crippen molar-refractivity contribution in [3.63, 3.8) is 0 Å². The van der Waals surface area contributed by atoms with Crippen molar-refractivity contribution in [3.8, 4) is 0 Å². The maximum atomic E-state index is 11.0. The molecule has 0 aromatic heterocycles. The van der Waals surface area contributed by atoms with E-state index < -0.39 is 5.60 Å².